The SMILES string of the molecule is CCCCC(O)Oc1nc(OC)ccc1-c1c(Cl)cncc1Cl. The fourth-order valence-corrected chi connectivity index (χ4v) is 2.62. The number of halogens is 2. The number of pyridine rings is 2. The molecule has 1 atom stereocenters. The number of aliphatic hydroxyl groups is 1. The number of rotatable bonds is 7. The largest absolute Gasteiger partial charge is 0.481 e. The van der Waals surface area contributed by atoms with Gasteiger partial charge in [-0.3, -0.25) is 4.98 Å². The van der Waals surface area contributed by atoms with E-state index in [1.165, 1.54) is 19.5 Å². The molecule has 0 spiro atoms. The van der Waals surface area contributed by atoms with E-state index in [0.29, 0.717) is 33.5 Å². The normalized spacial score (nSPS) is 12.0. The molecule has 0 aromatic carbocycles. The first-order valence-corrected chi connectivity index (χ1v) is 8.01. The average Bonchev–Trinajstić information content (AvgIpc) is 2.54. The van der Waals surface area contributed by atoms with Crippen molar-refractivity contribution in [1.29, 1.82) is 0 Å². The molecule has 0 amide bonds. The van der Waals surface area contributed by atoms with Gasteiger partial charge in [0.2, 0.25) is 11.8 Å². The Morgan fingerprint density at radius 3 is 2.52 bits per heavy atom. The van der Waals surface area contributed by atoms with Gasteiger partial charge in [-0.05, 0) is 12.5 Å². The van der Waals surface area contributed by atoms with Crippen molar-refractivity contribution < 1.29 is 14.6 Å². The van der Waals surface area contributed by atoms with Crippen LogP contribution >= 0.6 is 23.2 Å². The van der Waals surface area contributed by atoms with Crippen molar-refractivity contribution in [2.45, 2.75) is 32.5 Å². The molecule has 2 rings (SSSR count). The Morgan fingerprint density at radius 2 is 1.91 bits per heavy atom. The van der Waals surface area contributed by atoms with E-state index >= 15 is 0 Å². The zero-order chi connectivity index (χ0) is 16.8. The molecule has 23 heavy (non-hydrogen) atoms. The summed E-state index contributed by atoms with van der Waals surface area (Å²) in [6.07, 6.45) is 4.33. The highest BCUT2D eigenvalue weighted by Crippen LogP contribution is 2.39. The molecule has 1 N–H and O–H groups in total. The molecule has 0 saturated carbocycles. The minimum absolute atomic E-state index is 0.211. The van der Waals surface area contributed by atoms with Crippen LogP contribution in [0.5, 0.6) is 11.8 Å². The number of ether oxygens (including phenoxy) is 2. The van der Waals surface area contributed by atoms with Gasteiger partial charge in [0.1, 0.15) is 0 Å². The molecular weight excluding hydrogens is 339 g/mol. The lowest BCUT2D eigenvalue weighted by Crippen LogP contribution is -2.16. The van der Waals surface area contributed by atoms with E-state index in [0.717, 1.165) is 12.8 Å². The van der Waals surface area contributed by atoms with Crippen LogP contribution in [0.3, 0.4) is 0 Å². The topological polar surface area (TPSA) is 64.5 Å². The van der Waals surface area contributed by atoms with E-state index in [1.54, 1.807) is 12.1 Å². The van der Waals surface area contributed by atoms with Crippen LogP contribution in [0.15, 0.2) is 24.5 Å². The summed E-state index contributed by atoms with van der Waals surface area (Å²) >= 11 is 12.4. The fourth-order valence-electron chi connectivity index (χ4n) is 2.05. The van der Waals surface area contributed by atoms with E-state index in [4.69, 9.17) is 32.7 Å². The van der Waals surface area contributed by atoms with Crippen molar-refractivity contribution >= 4 is 23.2 Å². The Balaban J connectivity index is 2.43. The third-order valence-electron chi connectivity index (χ3n) is 3.22. The van der Waals surface area contributed by atoms with Gasteiger partial charge in [0.25, 0.3) is 0 Å². The maximum Gasteiger partial charge on any atom is 0.227 e. The first-order chi connectivity index (χ1) is 11.1. The van der Waals surface area contributed by atoms with E-state index < -0.39 is 6.29 Å². The average molecular weight is 357 g/mol. The summed E-state index contributed by atoms with van der Waals surface area (Å²) in [5, 5.41) is 10.8. The first kappa shape index (κ1) is 17.8. The second kappa shape index (κ2) is 8.34. The number of aromatic nitrogens is 2. The minimum Gasteiger partial charge on any atom is -0.481 e. The van der Waals surface area contributed by atoms with Crippen molar-refractivity contribution in [2.24, 2.45) is 0 Å². The van der Waals surface area contributed by atoms with Gasteiger partial charge >= 0.3 is 0 Å². The molecule has 0 aliphatic rings. The van der Waals surface area contributed by atoms with Crippen molar-refractivity contribution in [3.05, 3.63) is 34.6 Å². The monoisotopic (exact) mass is 356 g/mol. The van der Waals surface area contributed by atoms with E-state index in [1.807, 2.05) is 6.92 Å². The summed E-state index contributed by atoms with van der Waals surface area (Å²) in [5.74, 6) is 0.579. The molecule has 2 aromatic rings. The lowest BCUT2D eigenvalue weighted by molar-refractivity contribution is -0.0272. The maximum atomic E-state index is 10.0. The van der Waals surface area contributed by atoms with Gasteiger partial charge in [0.15, 0.2) is 6.29 Å². The fraction of sp³-hybridized carbons (Fsp3) is 0.375. The summed E-state index contributed by atoms with van der Waals surface area (Å²) in [5.41, 5.74) is 1.12. The first-order valence-electron chi connectivity index (χ1n) is 7.26. The summed E-state index contributed by atoms with van der Waals surface area (Å²) in [7, 11) is 1.51. The zero-order valence-corrected chi connectivity index (χ0v) is 14.4. The van der Waals surface area contributed by atoms with E-state index in [9.17, 15) is 5.11 Å². The predicted octanol–water partition coefficient (Wildman–Crippen LogP) is 4.35. The molecule has 0 fully saturated rings. The quantitative estimate of drug-likeness (QED) is 0.747. The third kappa shape index (κ3) is 4.47. The molecule has 0 radical (unpaired) electrons. The molecule has 0 saturated heterocycles. The molecular formula is C16H18Cl2N2O3. The second-order valence-electron chi connectivity index (χ2n) is 4.90. The van der Waals surface area contributed by atoms with E-state index in [-0.39, 0.29) is 5.88 Å². The highest BCUT2D eigenvalue weighted by Gasteiger charge is 2.18. The Bertz CT molecular complexity index is 648. The van der Waals surface area contributed by atoms with Crippen molar-refractivity contribution in [3.63, 3.8) is 0 Å². The minimum atomic E-state index is -0.965. The summed E-state index contributed by atoms with van der Waals surface area (Å²) in [6.45, 7) is 2.04. The molecule has 5 nitrogen and oxygen atoms in total. The molecule has 0 bridgehead atoms. The van der Waals surface area contributed by atoms with Gasteiger partial charge in [0, 0.05) is 36.0 Å². The number of methoxy groups -OCH3 is 1. The van der Waals surface area contributed by atoms with Crippen LogP contribution < -0.4 is 9.47 Å². The number of nitrogens with zero attached hydrogens (tertiary/aromatic N) is 2. The Hall–Kier alpha value is -1.56. The number of unbranched alkanes of at least 4 members (excludes halogenated alkanes) is 1. The smallest absolute Gasteiger partial charge is 0.227 e. The molecule has 2 heterocycles. The number of aliphatic hydroxyl groups excluding tert-OH is 1. The molecule has 7 heteroatoms. The van der Waals surface area contributed by atoms with Gasteiger partial charge in [-0.25, -0.2) is 0 Å². The second-order valence-corrected chi connectivity index (χ2v) is 5.71. The molecule has 1 unspecified atom stereocenters. The highest BCUT2D eigenvalue weighted by atomic mass is 35.5. The van der Waals surface area contributed by atoms with Gasteiger partial charge < -0.3 is 14.6 Å². The van der Waals surface area contributed by atoms with Crippen LogP contribution in [0.25, 0.3) is 11.1 Å². The van der Waals surface area contributed by atoms with Crippen LogP contribution in [0.2, 0.25) is 10.0 Å². The zero-order valence-electron chi connectivity index (χ0n) is 12.9. The van der Waals surface area contributed by atoms with Crippen molar-refractivity contribution in [2.75, 3.05) is 7.11 Å². The summed E-state index contributed by atoms with van der Waals surface area (Å²) in [6, 6.07) is 3.41. The van der Waals surface area contributed by atoms with Gasteiger partial charge in [-0.2, -0.15) is 4.98 Å². The Morgan fingerprint density at radius 1 is 1.22 bits per heavy atom. The number of hydrogen-bond donors (Lipinski definition) is 1. The van der Waals surface area contributed by atoms with Gasteiger partial charge in [-0.15, -0.1) is 0 Å². The third-order valence-corrected chi connectivity index (χ3v) is 3.79. The summed E-state index contributed by atoms with van der Waals surface area (Å²) < 4.78 is 10.7. The number of hydrogen-bond acceptors (Lipinski definition) is 5. The Labute approximate surface area is 145 Å². The van der Waals surface area contributed by atoms with Crippen LogP contribution in [0, 0.1) is 0 Å². The van der Waals surface area contributed by atoms with Crippen LogP contribution in [-0.2, 0) is 0 Å². The molecule has 0 aliphatic heterocycles. The maximum absolute atomic E-state index is 10.0. The van der Waals surface area contributed by atoms with Crippen LogP contribution in [0.4, 0.5) is 0 Å². The standard InChI is InChI=1S/C16H18Cl2N2O3/c1-3-4-5-14(21)23-16-10(6-7-13(20-16)22-2)15-11(17)8-19-9-12(15)18/h6-9,14,21H,3-5H2,1-2H3. The summed E-state index contributed by atoms with van der Waals surface area (Å²) in [4.78, 5) is 8.19. The van der Waals surface area contributed by atoms with Crippen LogP contribution in [-0.4, -0.2) is 28.5 Å². The highest BCUT2D eigenvalue weighted by molar-refractivity contribution is 6.39. The predicted molar refractivity (Wildman–Crippen MR) is 90.2 cm³/mol. The molecule has 124 valence electrons. The van der Waals surface area contributed by atoms with E-state index in [2.05, 4.69) is 9.97 Å². The van der Waals surface area contributed by atoms with Crippen molar-refractivity contribution in [3.8, 4) is 22.9 Å². The Kier molecular flexibility index (Phi) is 6.45. The lowest BCUT2D eigenvalue weighted by Gasteiger charge is -2.17. The van der Waals surface area contributed by atoms with Crippen molar-refractivity contribution in [1.82, 2.24) is 9.97 Å². The molecule has 2 aromatic heterocycles. The van der Waals surface area contributed by atoms with Gasteiger partial charge in [0.05, 0.1) is 17.2 Å². The van der Waals surface area contributed by atoms with Crippen LogP contribution in [0.1, 0.15) is 26.2 Å². The van der Waals surface area contributed by atoms with Gasteiger partial charge in [-0.1, -0.05) is 36.5 Å². The molecule has 0 aliphatic carbocycles. The lowest BCUT2D eigenvalue weighted by atomic mass is 10.1.